The molecule has 112 valence electrons. The quantitative estimate of drug-likeness (QED) is 0.623. The topological polar surface area (TPSA) is 9.23 Å². The zero-order chi connectivity index (χ0) is 14.4. The lowest BCUT2D eigenvalue weighted by Gasteiger charge is -2.37. The van der Waals surface area contributed by atoms with Crippen molar-refractivity contribution in [3.8, 4) is 5.75 Å². The van der Waals surface area contributed by atoms with Crippen LogP contribution in [0.5, 0.6) is 5.75 Å². The molecule has 0 atom stereocenters. The third kappa shape index (κ3) is 4.01. The number of ether oxygens (including phenoxy) is 1. The molecular formula is C19H30O. The molecule has 1 nitrogen and oxygen atoms in total. The van der Waals surface area contributed by atoms with E-state index in [0.717, 1.165) is 18.3 Å². The first-order chi connectivity index (χ1) is 9.67. The van der Waals surface area contributed by atoms with Crippen molar-refractivity contribution in [1.82, 2.24) is 0 Å². The van der Waals surface area contributed by atoms with Gasteiger partial charge in [-0.05, 0) is 68.1 Å². The summed E-state index contributed by atoms with van der Waals surface area (Å²) in [5.74, 6) is 1.76. The summed E-state index contributed by atoms with van der Waals surface area (Å²) >= 11 is 0. The molecule has 1 aliphatic rings. The molecule has 0 aromatic heterocycles. The van der Waals surface area contributed by atoms with Gasteiger partial charge in [-0.3, -0.25) is 0 Å². The first kappa shape index (κ1) is 15.4. The summed E-state index contributed by atoms with van der Waals surface area (Å²) in [5, 5.41) is 0. The normalized spacial score (nSPS) is 26.4. The van der Waals surface area contributed by atoms with E-state index < -0.39 is 0 Å². The molecule has 0 spiro atoms. The Morgan fingerprint density at radius 2 is 1.75 bits per heavy atom. The second kappa shape index (κ2) is 7.15. The van der Waals surface area contributed by atoms with Crippen LogP contribution >= 0.6 is 0 Å². The Balaban J connectivity index is 1.89. The Bertz CT molecular complexity index is 385. The lowest BCUT2D eigenvalue weighted by Crippen LogP contribution is -2.23. The maximum Gasteiger partial charge on any atom is 0.119 e. The van der Waals surface area contributed by atoms with Crippen molar-refractivity contribution in [1.29, 1.82) is 0 Å². The molecule has 0 amide bonds. The maximum absolute atomic E-state index is 5.53. The van der Waals surface area contributed by atoms with Crippen molar-refractivity contribution in [2.75, 3.05) is 6.61 Å². The number of hydrogen-bond donors (Lipinski definition) is 0. The van der Waals surface area contributed by atoms with E-state index in [4.69, 9.17) is 4.74 Å². The largest absolute Gasteiger partial charge is 0.494 e. The average molecular weight is 274 g/mol. The molecule has 2 rings (SSSR count). The van der Waals surface area contributed by atoms with E-state index in [9.17, 15) is 0 Å². The predicted octanol–water partition coefficient (Wildman–Crippen LogP) is 5.94. The van der Waals surface area contributed by atoms with Crippen LogP contribution in [-0.2, 0) is 0 Å². The van der Waals surface area contributed by atoms with E-state index in [0.29, 0.717) is 5.41 Å². The van der Waals surface area contributed by atoms with Gasteiger partial charge in [-0.2, -0.15) is 0 Å². The Hall–Kier alpha value is -0.980. The molecule has 0 saturated heterocycles. The zero-order valence-electron chi connectivity index (χ0n) is 13.5. The van der Waals surface area contributed by atoms with Crippen molar-refractivity contribution < 1.29 is 4.74 Å². The smallest absolute Gasteiger partial charge is 0.119 e. The minimum atomic E-state index is 0.609. The third-order valence-electron chi connectivity index (χ3n) is 4.99. The van der Waals surface area contributed by atoms with Crippen molar-refractivity contribution >= 4 is 0 Å². The minimum absolute atomic E-state index is 0.609. The third-order valence-corrected chi connectivity index (χ3v) is 4.99. The van der Waals surface area contributed by atoms with Gasteiger partial charge in [-0.1, -0.05) is 38.8 Å². The van der Waals surface area contributed by atoms with E-state index >= 15 is 0 Å². The van der Waals surface area contributed by atoms with E-state index in [1.165, 1.54) is 50.5 Å². The van der Waals surface area contributed by atoms with E-state index in [2.05, 4.69) is 38.1 Å². The number of unbranched alkanes of at least 4 members (excludes halogenated alkanes) is 1. The molecule has 0 bridgehead atoms. The van der Waals surface area contributed by atoms with Crippen LogP contribution in [-0.4, -0.2) is 6.61 Å². The molecule has 1 fully saturated rings. The molecule has 1 heteroatoms. The zero-order valence-corrected chi connectivity index (χ0v) is 13.5. The average Bonchev–Trinajstić information content (AvgIpc) is 2.47. The molecule has 0 aliphatic heterocycles. The van der Waals surface area contributed by atoms with Gasteiger partial charge in [0.1, 0.15) is 5.75 Å². The number of benzene rings is 1. The fourth-order valence-corrected chi connectivity index (χ4v) is 3.50. The first-order valence-corrected chi connectivity index (χ1v) is 8.39. The molecule has 1 aromatic carbocycles. The molecule has 0 unspecified atom stereocenters. The lowest BCUT2D eigenvalue weighted by atomic mass is 9.68. The lowest BCUT2D eigenvalue weighted by molar-refractivity contribution is 0.179. The molecule has 20 heavy (non-hydrogen) atoms. The highest BCUT2D eigenvalue weighted by Gasteiger charge is 2.30. The van der Waals surface area contributed by atoms with Crippen molar-refractivity contribution in [2.24, 2.45) is 5.41 Å². The van der Waals surface area contributed by atoms with Crippen LogP contribution < -0.4 is 4.74 Å². The second-order valence-electron chi connectivity index (χ2n) is 6.69. The first-order valence-electron chi connectivity index (χ1n) is 8.39. The van der Waals surface area contributed by atoms with Gasteiger partial charge in [-0.15, -0.1) is 0 Å². The minimum Gasteiger partial charge on any atom is -0.494 e. The molecule has 0 N–H and O–H groups in total. The maximum atomic E-state index is 5.53. The van der Waals surface area contributed by atoms with Gasteiger partial charge in [0.05, 0.1) is 6.61 Å². The van der Waals surface area contributed by atoms with Crippen LogP contribution in [0.3, 0.4) is 0 Å². The van der Waals surface area contributed by atoms with Gasteiger partial charge in [0.15, 0.2) is 0 Å². The Morgan fingerprint density at radius 1 is 1.10 bits per heavy atom. The predicted molar refractivity (Wildman–Crippen MR) is 86.5 cm³/mol. The van der Waals surface area contributed by atoms with E-state index in [-0.39, 0.29) is 0 Å². The molecule has 1 aromatic rings. The van der Waals surface area contributed by atoms with Gasteiger partial charge < -0.3 is 4.74 Å². The Labute approximate surface area is 124 Å². The van der Waals surface area contributed by atoms with Crippen LogP contribution in [0.1, 0.15) is 77.2 Å². The number of rotatable bonds is 6. The van der Waals surface area contributed by atoms with Gasteiger partial charge >= 0.3 is 0 Å². The monoisotopic (exact) mass is 274 g/mol. The summed E-state index contributed by atoms with van der Waals surface area (Å²) in [6.07, 6.45) is 9.64. The van der Waals surface area contributed by atoms with Crippen LogP contribution in [0.15, 0.2) is 24.3 Å². The van der Waals surface area contributed by atoms with Crippen LogP contribution in [0.25, 0.3) is 0 Å². The molecule has 1 saturated carbocycles. The fraction of sp³-hybridized carbons (Fsp3) is 0.684. The Kier molecular flexibility index (Phi) is 5.51. The highest BCUT2D eigenvalue weighted by molar-refractivity contribution is 5.29. The number of hydrogen-bond acceptors (Lipinski definition) is 1. The fourth-order valence-electron chi connectivity index (χ4n) is 3.50. The van der Waals surface area contributed by atoms with E-state index in [1.807, 2.05) is 6.92 Å². The van der Waals surface area contributed by atoms with E-state index in [1.54, 1.807) is 0 Å². The van der Waals surface area contributed by atoms with Gasteiger partial charge in [0.2, 0.25) is 0 Å². The standard InChI is InChI=1S/C19H30O/c1-4-6-13-19(3)14-11-17(12-15-19)16-7-9-18(10-8-16)20-5-2/h7-10,17H,4-6,11-15H2,1-3H3. The van der Waals surface area contributed by atoms with Crippen LogP contribution in [0.4, 0.5) is 0 Å². The second-order valence-corrected chi connectivity index (χ2v) is 6.69. The van der Waals surface area contributed by atoms with Crippen LogP contribution in [0.2, 0.25) is 0 Å². The van der Waals surface area contributed by atoms with Gasteiger partial charge in [0, 0.05) is 0 Å². The summed E-state index contributed by atoms with van der Waals surface area (Å²) in [7, 11) is 0. The van der Waals surface area contributed by atoms with Gasteiger partial charge in [-0.25, -0.2) is 0 Å². The van der Waals surface area contributed by atoms with Crippen molar-refractivity contribution in [3.63, 3.8) is 0 Å². The summed E-state index contributed by atoms with van der Waals surface area (Å²) in [4.78, 5) is 0. The Morgan fingerprint density at radius 3 is 2.30 bits per heavy atom. The molecule has 1 aliphatic carbocycles. The highest BCUT2D eigenvalue weighted by Crippen LogP contribution is 2.45. The van der Waals surface area contributed by atoms with Gasteiger partial charge in [0.25, 0.3) is 0 Å². The molecular weight excluding hydrogens is 244 g/mol. The molecule has 0 heterocycles. The summed E-state index contributed by atoms with van der Waals surface area (Å²) in [6, 6.07) is 8.79. The SMILES string of the molecule is CCCCC1(C)CCC(c2ccc(OCC)cc2)CC1. The van der Waals surface area contributed by atoms with Crippen LogP contribution in [0, 0.1) is 5.41 Å². The highest BCUT2D eigenvalue weighted by atomic mass is 16.5. The van der Waals surface area contributed by atoms with Crippen molar-refractivity contribution in [3.05, 3.63) is 29.8 Å². The molecule has 0 radical (unpaired) electrons. The summed E-state index contributed by atoms with van der Waals surface area (Å²) < 4.78 is 5.53. The van der Waals surface area contributed by atoms with Crippen molar-refractivity contribution in [2.45, 2.75) is 71.6 Å². The summed E-state index contributed by atoms with van der Waals surface area (Å²) in [5.41, 5.74) is 2.11. The summed E-state index contributed by atoms with van der Waals surface area (Å²) in [6.45, 7) is 7.58.